The second-order valence-electron chi connectivity index (χ2n) is 9.15. The van der Waals surface area contributed by atoms with Gasteiger partial charge in [0.05, 0.1) is 0 Å². The van der Waals surface area contributed by atoms with Gasteiger partial charge >= 0.3 is 0 Å². The molecule has 0 saturated heterocycles. The predicted octanol–water partition coefficient (Wildman–Crippen LogP) is 7.44. The third-order valence-electron chi connectivity index (χ3n) is 7.58. The Kier molecular flexibility index (Phi) is 5.80. The Hall–Kier alpha value is -1.44. The van der Waals surface area contributed by atoms with E-state index in [2.05, 4.69) is 37.3 Å². The number of hydrogen-bond donors (Lipinski definition) is 0. The average Bonchev–Trinajstić information content (AvgIpc) is 2.67. The molecule has 1 aromatic carbocycles. The molecule has 1 aromatic rings. The highest BCUT2D eigenvalue weighted by molar-refractivity contribution is 5.52. The maximum absolute atomic E-state index is 12.6. The first-order valence-corrected chi connectivity index (χ1v) is 10.9. The SMILES string of the molecule is C/C=C/c1ccc2c(c1)CCC(C1CCC3C[C@H](C=C(F)F)CC[C@@H]3C1)C2. The van der Waals surface area contributed by atoms with E-state index in [0.717, 1.165) is 37.0 Å². The maximum Gasteiger partial charge on any atom is 0.266 e. The lowest BCUT2D eigenvalue weighted by Gasteiger charge is -2.44. The average molecular weight is 371 g/mol. The molecule has 3 unspecified atom stereocenters. The fraction of sp³-hybridized carbons (Fsp3) is 0.600. The smallest absolute Gasteiger partial charge is 0.174 e. The van der Waals surface area contributed by atoms with Crippen molar-refractivity contribution in [2.24, 2.45) is 29.6 Å². The Bertz CT molecular complexity index is 713. The van der Waals surface area contributed by atoms with Crippen LogP contribution in [0, 0.1) is 29.6 Å². The fourth-order valence-electron chi connectivity index (χ4n) is 6.22. The summed E-state index contributed by atoms with van der Waals surface area (Å²) in [4.78, 5) is 0. The Balaban J connectivity index is 1.37. The van der Waals surface area contributed by atoms with Gasteiger partial charge in [-0.2, -0.15) is 8.78 Å². The monoisotopic (exact) mass is 370 g/mol. The number of allylic oxidation sites excluding steroid dienone is 2. The van der Waals surface area contributed by atoms with Crippen LogP contribution in [0.5, 0.6) is 0 Å². The van der Waals surface area contributed by atoms with E-state index in [9.17, 15) is 8.78 Å². The summed E-state index contributed by atoms with van der Waals surface area (Å²) in [7, 11) is 0. The zero-order valence-corrected chi connectivity index (χ0v) is 16.5. The molecule has 0 bridgehead atoms. The van der Waals surface area contributed by atoms with E-state index in [1.807, 2.05) is 0 Å². The molecule has 0 spiro atoms. The molecule has 2 heteroatoms. The van der Waals surface area contributed by atoms with Crippen LogP contribution in [0.3, 0.4) is 0 Å². The second kappa shape index (κ2) is 8.29. The van der Waals surface area contributed by atoms with Gasteiger partial charge in [0.25, 0.3) is 6.08 Å². The number of benzene rings is 1. The molecule has 2 saturated carbocycles. The van der Waals surface area contributed by atoms with Gasteiger partial charge in [-0.05, 0) is 117 Å². The number of hydrogen-bond acceptors (Lipinski definition) is 0. The Morgan fingerprint density at radius 1 is 0.889 bits per heavy atom. The van der Waals surface area contributed by atoms with Crippen LogP contribution in [-0.2, 0) is 12.8 Å². The van der Waals surface area contributed by atoms with Crippen molar-refractivity contribution in [3.63, 3.8) is 0 Å². The van der Waals surface area contributed by atoms with Crippen LogP contribution in [0.25, 0.3) is 6.08 Å². The maximum atomic E-state index is 12.6. The predicted molar refractivity (Wildman–Crippen MR) is 109 cm³/mol. The van der Waals surface area contributed by atoms with Gasteiger partial charge in [-0.25, -0.2) is 0 Å². The summed E-state index contributed by atoms with van der Waals surface area (Å²) >= 11 is 0. The molecule has 3 aliphatic carbocycles. The van der Waals surface area contributed by atoms with Gasteiger partial charge in [0.2, 0.25) is 0 Å². The van der Waals surface area contributed by atoms with Crippen molar-refractivity contribution < 1.29 is 8.78 Å². The minimum Gasteiger partial charge on any atom is -0.174 e. The molecule has 5 atom stereocenters. The topological polar surface area (TPSA) is 0 Å². The van der Waals surface area contributed by atoms with Crippen molar-refractivity contribution in [3.8, 4) is 0 Å². The summed E-state index contributed by atoms with van der Waals surface area (Å²) in [5, 5.41) is 0. The molecule has 0 amide bonds. The van der Waals surface area contributed by atoms with Crippen LogP contribution in [0.2, 0.25) is 0 Å². The molecule has 146 valence electrons. The lowest BCUT2D eigenvalue weighted by atomic mass is 9.61. The number of fused-ring (bicyclic) bond motifs is 2. The molecule has 0 aliphatic heterocycles. The van der Waals surface area contributed by atoms with E-state index in [1.165, 1.54) is 50.2 Å². The minimum absolute atomic E-state index is 0.126. The third kappa shape index (κ3) is 4.36. The van der Waals surface area contributed by atoms with Gasteiger partial charge in [-0.1, -0.05) is 30.4 Å². The molecule has 0 N–H and O–H groups in total. The molecular formula is C25H32F2. The first-order valence-electron chi connectivity index (χ1n) is 10.9. The normalized spacial score (nSPS) is 33.4. The van der Waals surface area contributed by atoms with Crippen LogP contribution >= 0.6 is 0 Å². The molecule has 2 fully saturated rings. The highest BCUT2D eigenvalue weighted by Crippen LogP contribution is 2.48. The van der Waals surface area contributed by atoms with Crippen LogP contribution in [-0.4, -0.2) is 0 Å². The van der Waals surface area contributed by atoms with Gasteiger partial charge in [0, 0.05) is 0 Å². The number of halogens is 2. The van der Waals surface area contributed by atoms with Crippen LogP contribution in [0.4, 0.5) is 8.78 Å². The Labute approximate surface area is 162 Å². The standard InChI is InChI=1S/C25H32F2/c1-2-3-17-4-6-21-15-23(10-8-19(21)12-17)24-11-9-20-13-18(14-25(26)27)5-7-22(20)16-24/h2-4,6,12,14,18,20,22-24H,5,7-11,13,15-16H2,1H3/b3-2+/t18-,20?,22-,23?,24?/m1/s1. The highest BCUT2D eigenvalue weighted by Gasteiger charge is 2.38. The van der Waals surface area contributed by atoms with Crippen molar-refractivity contribution >= 4 is 6.08 Å². The van der Waals surface area contributed by atoms with Gasteiger partial charge in [-0.3, -0.25) is 0 Å². The highest BCUT2D eigenvalue weighted by atomic mass is 19.3. The Morgan fingerprint density at radius 2 is 1.63 bits per heavy atom. The van der Waals surface area contributed by atoms with Crippen molar-refractivity contribution in [3.05, 3.63) is 53.1 Å². The molecule has 27 heavy (non-hydrogen) atoms. The molecule has 3 aliphatic rings. The molecule has 4 rings (SSSR count). The van der Waals surface area contributed by atoms with Crippen molar-refractivity contribution in [2.75, 3.05) is 0 Å². The molecule has 0 radical (unpaired) electrons. The summed E-state index contributed by atoms with van der Waals surface area (Å²) < 4.78 is 25.2. The largest absolute Gasteiger partial charge is 0.266 e. The van der Waals surface area contributed by atoms with E-state index < -0.39 is 6.08 Å². The van der Waals surface area contributed by atoms with Gasteiger partial charge in [0.15, 0.2) is 0 Å². The summed E-state index contributed by atoms with van der Waals surface area (Å²) in [5.74, 6) is 3.27. The third-order valence-corrected chi connectivity index (χ3v) is 7.58. The van der Waals surface area contributed by atoms with Crippen molar-refractivity contribution in [2.45, 2.75) is 64.7 Å². The number of aryl methyl sites for hydroxylation is 1. The van der Waals surface area contributed by atoms with Crippen molar-refractivity contribution in [1.82, 2.24) is 0 Å². The fourth-order valence-corrected chi connectivity index (χ4v) is 6.22. The zero-order chi connectivity index (χ0) is 18.8. The summed E-state index contributed by atoms with van der Waals surface area (Å²) in [6.07, 6.45) is 14.9. The van der Waals surface area contributed by atoms with E-state index in [4.69, 9.17) is 0 Å². The van der Waals surface area contributed by atoms with Gasteiger partial charge in [-0.15, -0.1) is 0 Å². The first-order chi connectivity index (χ1) is 13.1. The van der Waals surface area contributed by atoms with Gasteiger partial charge < -0.3 is 0 Å². The molecule has 0 heterocycles. The van der Waals surface area contributed by atoms with E-state index in [0.29, 0.717) is 5.92 Å². The summed E-state index contributed by atoms with van der Waals surface area (Å²) in [6.45, 7) is 2.07. The summed E-state index contributed by atoms with van der Waals surface area (Å²) in [5.41, 5.74) is 4.44. The van der Waals surface area contributed by atoms with Crippen LogP contribution in [0.1, 0.15) is 68.6 Å². The Morgan fingerprint density at radius 3 is 2.41 bits per heavy atom. The minimum atomic E-state index is -1.48. The van der Waals surface area contributed by atoms with Crippen molar-refractivity contribution in [1.29, 1.82) is 0 Å². The number of rotatable bonds is 3. The molecule has 0 nitrogen and oxygen atoms in total. The lowest BCUT2D eigenvalue weighted by Crippen LogP contribution is -2.34. The van der Waals surface area contributed by atoms with E-state index in [-0.39, 0.29) is 5.92 Å². The lowest BCUT2D eigenvalue weighted by molar-refractivity contribution is 0.0803. The van der Waals surface area contributed by atoms with Crippen LogP contribution in [0.15, 0.2) is 36.4 Å². The molecule has 0 aromatic heterocycles. The zero-order valence-electron chi connectivity index (χ0n) is 16.5. The second-order valence-corrected chi connectivity index (χ2v) is 9.15. The summed E-state index contributed by atoms with van der Waals surface area (Å²) in [6, 6.07) is 6.99. The van der Waals surface area contributed by atoms with E-state index in [1.54, 1.807) is 11.1 Å². The quantitative estimate of drug-likeness (QED) is 0.519. The first kappa shape index (κ1) is 18.9. The molecular weight excluding hydrogens is 338 g/mol. The van der Waals surface area contributed by atoms with E-state index >= 15 is 0 Å². The van der Waals surface area contributed by atoms with Gasteiger partial charge in [0.1, 0.15) is 0 Å². The van der Waals surface area contributed by atoms with Crippen LogP contribution < -0.4 is 0 Å².